The van der Waals surface area contributed by atoms with Crippen LogP contribution in [0.15, 0.2) is 24.3 Å². The molecule has 0 unspecified atom stereocenters. The van der Waals surface area contributed by atoms with Crippen LogP contribution in [0.5, 0.6) is 0 Å². The van der Waals surface area contributed by atoms with Gasteiger partial charge in [-0.15, -0.1) is 0 Å². The Hall–Kier alpha value is -8.94. The summed E-state index contributed by atoms with van der Waals surface area (Å²) in [5, 5.41) is 94.0. The standard InChI is InChI=1S/C60H95FN12O23Si/c1-59(2,3)97(61,60(4,5)6)38-14-12-37(13-15-38)52(86)64-32-43(66-47(77)33-70-24-26-71(34-49(80)81)28-30-73(36-51(84)85)31-29-72(27-25-70)35-50(82)83)53(87)67-40(55(90)91)10-7-8-22-62-44(74)19-20-45(75)63-23-9-11-39(54(88)89)65-46(76)18-16-41(56(92)93)68-58(96)69-42(57(94)95)17-21-48(78)79/h12-15,39-43H,7-11,16-36H2,1-6H3,(H,62,74)(H,63,75)(H,64,86)(H,65,76)(H,66,77)(H,67,87)(H,78,79)(H,80,81)(H,82,83)(H,84,85)(H,88,89)(H,90,91)(H,92,93)(H,94,95)(H2,68,69,96)/t39-,40-,41-,42-,43+/m0/s1. The minimum atomic E-state index is -3.74. The first-order valence-corrected chi connectivity index (χ1v) is 33.4. The number of urea groups is 1. The van der Waals surface area contributed by atoms with Crippen molar-refractivity contribution in [2.75, 3.05) is 98.2 Å². The summed E-state index contributed by atoms with van der Waals surface area (Å²) in [7, 11) is -3.74. The van der Waals surface area contributed by atoms with Crippen molar-refractivity contribution in [2.45, 2.75) is 152 Å². The lowest BCUT2D eigenvalue weighted by Crippen LogP contribution is -2.58. The third-order valence-electron chi connectivity index (χ3n) is 15.7. The Labute approximate surface area is 560 Å². The molecule has 0 saturated carbocycles. The van der Waals surface area contributed by atoms with Crippen LogP contribution < -0.4 is 47.7 Å². The molecule has 0 aromatic heterocycles. The molecule has 0 radical (unpaired) electrons. The van der Waals surface area contributed by atoms with Crippen LogP contribution in [0.1, 0.15) is 123 Å². The van der Waals surface area contributed by atoms with Gasteiger partial charge in [0, 0.05) is 103 Å². The van der Waals surface area contributed by atoms with Crippen molar-refractivity contribution >= 4 is 103 Å². The van der Waals surface area contributed by atoms with Gasteiger partial charge in [-0.25, -0.2) is 24.0 Å². The molecule has 2 rings (SSSR count). The number of aliphatic carboxylic acids is 8. The van der Waals surface area contributed by atoms with Crippen molar-refractivity contribution < 1.29 is 117 Å². The molecule has 1 fully saturated rings. The zero-order valence-electron chi connectivity index (χ0n) is 55.4. The Balaban J connectivity index is 2.11. The lowest BCUT2D eigenvalue weighted by molar-refractivity contribution is -0.143. The quantitative estimate of drug-likeness (QED) is 0.0193. The van der Waals surface area contributed by atoms with E-state index in [-0.39, 0.29) is 123 Å². The molecule has 0 spiro atoms. The lowest BCUT2D eigenvalue weighted by atomic mass is 10.1. The topological polar surface area (TPSA) is 527 Å². The highest BCUT2D eigenvalue weighted by Crippen LogP contribution is 2.51. The largest absolute Gasteiger partial charge is 0.481 e. The van der Waals surface area contributed by atoms with E-state index >= 15 is 4.11 Å². The number of halogens is 1. The summed E-state index contributed by atoms with van der Waals surface area (Å²) in [6, 6.07) is -3.44. The summed E-state index contributed by atoms with van der Waals surface area (Å²) in [4.78, 5) is 192. The van der Waals surface area contributed by atoms with E-state index in [1.807, 2.05) is 52.2 Å². The van der Waals surface area contributed by atoms with Gasteiger partial charge in [-0.1, -0.05) is 53.7 Å². The fourth-order valence-electron chi connectivity index (χ4n) is 10.7. The van der Waals surface area contributed by atoms with Crippen molar-refractivity contribution in [1.82, 2.24) is 62.1 Å². The SMILES string of the molecule is CC(C)(C)[Si](F)(c1ccc(C(=O)NC[C@@H](NC(=O)CN2CCN(CC(=O)O)CCN(CC(=O)O)CCN(CC(=O)O)CC2)C(=O)N[C@@H](CCCCNC(=O)CCC(=O)NCCC[C@H](NC(=O)CC[C@H](NC(=O)N[C@@H](CCC(=O)O)C(=O)O)C(=O)O)C(=O)O)C(=O)O)cc1)C(C)(C)C. The van der Waals surface area contributed by atoms with E-state index in [0.29, 0.717) is 5.19 Å². The Bertz CT molecular complexity index is 2870. The molecule has 1 aromatic rings. The molecule has 1 saturated heterocycles. The highest BCUT2D eigenvalue weighted by molar-refractivity contribution is 6.90. The monoisotopic (exact) mass is 1400 g/mol. The number of rotatable bonds is 40. The first-order valence-electron chi connectivity index (χ1n) is 31.5. The maximum atomic E-state index is 17.1. The molecule has 16 N–H and O–H groups in total. The van der Waals surface area contributed by atoms with E-state index in [9.17, 15) is 108 Å². The number of carboxylic acids is 8. The van der Waals surface area contributed by atoms with Gasteiger partial charge in [0.05, 0.1) is 26.2 Å². The molecule has 97 heavy (non-hydrogen) atoms. The molecule has 35 nitrogen and oxygen atoms in total. The summed E-state index contributed by atoms with van der Waals surface area (Å²) in [5.74, 6) is -15.7. The summed E-state index contributed by atoms with van der Waals surface area (Å²) in [6.45, 7) is 9.06. The molecule has 8 amide bonds. The minimum absolute atomic E-state index is 0.00362. The van der Waals surface area contributed by atoms with Crippen molar-refractivity contribution in [2.24, 2.45) is 0 Å². The van der Waals surface area contributed by atoms with Gasteiger partial charge in [0.1, 0.15) is 30.2 Å². The molecular weight excluding hydrogens is 1300 g/mol. The van der Waals surface area contributed by atoms with Crippen molar-refractivity contribution in [3.8, 4) is 0 Å². The predicted octanol–water partition coefficient (Wildman–Crippen LogP) is -1.95. The van der Waals surface area contributed by atoms with Crippen LogP contribution in [0, 0.1) is 0 Å². The van der Waals surface area contributed by atoms with Gasteiger partial charge < -0.3 is 87.5 Å². The molecule has 1 heterocycles. The van der Waals surface area contributed by atoms with Crippen LogP contribution in [0.4, 0.5) is 8.90 Å². The number of benzene rings is 1. The van der Waals surface area contributed by atoms with Gasteiger partial charge in [-0.2, -0.15) is 0 Å². The number of hydrogen-bond donors (Lipinski definition) is 16. The van der Waals surface area contributed by atoms with Crippen LogP contribution >= 0.6 is 0 Å². The lowest BCUT2D eigenvalue weighted by Gasteiger charge is -2.44. The number of carbonyl (C=O) groups excluding carboxylic acids is 7. The summed E-state index contributed by atoms with van der Waals surface area (Å²) in [5.41, 5.74) is 0.0755. The average Bonchev–Trinajstić information content (AvgIpc) is 0.749. The molecule has 1 aromatic carbocycles. The predicted molar refractivity (Wildman–Crippen MR) is 343 cm³/mol. The van der Waals surface area contributed by atoms with Crippen LogP contribution in [-0.2, 0) is 62.3 Å². The van der Waals surface area contributed by atoms with E-state index < -0.39 is 190 Å². The fourth-order valence-corrected chi connectivity index (χ4v) is 15.3. The highest BCUT2D eigenvalue weighted by Gasteiger charge is 2.56. The summed E-state index contributed by atoms with van der Waals surface area (Å²) in [6.07, 6.45) is -3.03. The maximum absolute atomic E-state index is 17.1. The van der Waals surface area contributed by atoms with Crippen molar-refractivity contribution in [1.29, 1.82) is 0 Å². The van der Waals surface area contributed by atoms with Gasteiger partial charge in [-0.05, 0) is 72.3 Å². The molecule has 1 aliphatic rings. The molecule has 5 atom stereocenters. The van der Waals surface area contributed by atoms with Crippen LogP contribution in [0.25, 0.3) is 0 Å². The van der Waals surface area contributed by atoms with E-state index in [4.69, 9.17) is 5.11 Å². The second kappa shape index (κ2) is 41.2. The van der Waals surface area contributed by atoms with E-state index in [1.54, 1.807) is 9.80 Å². The number of carboxylic acid groups (broad SMARTS) is 8. The Morgan fingerprint density at radius 1 is 0.412 bits per heavy atom. The first-order chi connectivity index (χ1) is 45.2. The van der Waals surface area contributed by atoms with Crippen molar-refractivity contribution in [3.05, 3.63) is 29.8 Å². The minimum Gasteiger partial charge on any atom is -0.481 e. The zero-order chi connectivity index (χ0) is 73.4. The molecule has 37 heteroatoms. The number of amides is 8. The van der Waals surface area contributed by atoms with E-state index in [0.717, 1.165) is 0 Å². The van der Waals surface area contributed by atoms with Gasteiger partial charge in [0.25, 0.3) is 14.3 Å². The molecule has 544 valence electrons. The summed E-state index contributed by atoms with van der Waals surface area (Å²) < 4.78 is 17.1. The molecular formula is C60H95FN12O23Si. The maximum Gasteiger partial charge on any atom is 0.326 e. The van der Waals surface area contributed by atoms with Gasteiger partial charge in [0.2, 0.25) is 29.5 Å². The Morgan fingerprint density at radius 2 is 0.784 bits per heavy atom. The molecule has 0 aliphatic carbocycles. The molecule has 0 bridgehead atoms. The third-order valence-corrected chi connectivity index (χ3v) is 20.9. The average molecular weight is 1400 g/mol. The highest BCUT2D eigenvalue weighted by atomic mass is 28.4. The third kappa shape index (κ3) is 32.1. The number of carbonyl (C=O) groups is 15. The first kappa shape index (κ1) is 84.1. The normalized spacial score (nSPS) is 15.5. The second-order valence-electron chi connectivity index (χ2n) is 25.4. The second-order valence-corrected chi connectivity index (χ2v) is 30.3. The Kier molecular flexibility index (Phi) is 35.8. The smallest absolute Gasteiger partial charge is 0.326 e. The van der Waals surface area contributed by atoms with Crippen LogP contribution in [0.3, 0.4) is 0 Å². The van der Waals surface area contributed by atoms with Crippen molar-refractivity contribution in [3.63, 3.8) is 0 Å². The van der Waals surface area contributed by atoms with Crippen LogP contribution in [0.2, 0.25) is 10.1 Å². The van der Waals surface area contributed by atoms with Gasteiger partial charge in [-0.3, -0.25) is 67.5 Å². The zero-order valence-corrected chi connectivity index (χ0v) is 56.4. The van der Waals surface area contributed by atoms with Crippen LogP contribution in [-0.4, -0.2) is 286 Å². The molecule has 1 aliphatic heterocycles. The number of unbranched alkanes of at least 4 members (excludes halogenated alkanes) is 1. The Morgan fingerprint density at radius 3 is 1.19 bits per heavy atom. The van der Waals surface area contributed by atoms with Gasteiger partial charge >= 0.3 is 53.8 Å². The van der Waals surface area contributed by atoms with Gasteiger partial charge in [0.15, 0.2) is 0 Å². The summed E-state index contributed by atoms with van der Waals surface area (Å²) >= 11 is 0. The number of nitrogens with one attached hydrogen (secondary N) is 8. The van der Waals surface area contributed by atoms with E-state index in [1.165, 1.54) is 34.1 Å². The number of nitrogens with zero attached hydrogens (tertiary/aromatic N) is 4. The fraction of sp³-hybridized carbons (Fsp3) is 0.650. The number of hydrogen-bond acceptors (Lipinski definition) is 19. The van der Waals surface area contributed by atoms with E-state index in [2.05, 4.69) is 31.9 Å².